The van der Waals surface area contributed by atoms with E-state index in [0.717, 1.165) is 11.5 Å². The lowest BCUT2D eigenvalue weighted by atomic mass is 10.2. The van der Waals surface area contributed by atoms with Crippen LogP contribution in [0.25, 0.3) is 0 Å². The molecule has 1 N–H and O–H groups in total. The molecule has 2 rings (SSSR count). The molecular weight excluding hydrogens is 253 g/mol. The zero-order valence-corrected chi connectivity index (χ0v) is 11.1. The van der Waals surface area contributed by atoms with Crippen LogP contribution in [0.4, 0.5) is 10.1 Å². The van der Waals surface area contributed by atoms with E-state index in [9.17, 15) is 4.39 Å². The monoisotopic (exact) mass is 267 g/mol. The van der Waals surface area contributed by atoms with Gasteiger partial charge in [0.25, 0.3) is 0 Å². The number of hydrogen-bond donors (Lipinski definition) is 1. The predicted molar refractivity (Wildman–Crippen MR) is 71.3 cm³/mol. The molecule has 0 saturated carbocycles. The van der Waals surface area contributed by atoms with Gasteiger partial charge in [0.2, 0.25) is 0 Å². The topological polar surface area (TPSA) is 31.9 Å². The van der Waals surface area contributed by atoms with Gasteiger partial charge in [0.1, 0.15) is 11.6 Å². The predicted octanol–water partition coefficient (Wildman–Crippen LogP) is 3.62. The summed E-state index contributed by atoms with van der Waals surface area (Å²) in [6.45, 7) is 4.77. The van der Waals surface area contributed by atoms with E-state index in [0.29, 0.717) is 6.54 Å². The van der Waals surface area contributed by atoms with Crippen molar-refractivity contribution in [2.24, 2.45) is 0 Å². The zero-order valence-electron chi connectivity index (χ0n) is 10.3. The van der Waals surface area contributed by atoms with Crippen LogP contribution in [0, 0.1) is 5.82 Å². The molecule has 2 aromatic rings. The molecule has 1 aromatic carbocycles. The zero-order chi connectivity index (χ0) is 13.1. The normalized spacial score (nSPS) is 10.9. The molecule has 0 unspecified atom stereocenters. The third-order valence-electron chi connectivity index (χ3n) is 2.73. The van der Waals surface area contributed by atoms with Crippen LogP contribution in [0.1, 0.15) is 19.7 Å². The molecule has 0 spiro atoms. The van der Waals surface area contributed by atoms with Crippen molar-refractivity contribution in [2.45, 2.75) is 26.4 Å². The van der Waals surface area contributed by atoms with Crippen molar-refractivity contribution >= 4 is 17.3 Å². The smallest absolute Gasteiger partial charge is 0.141 e. The van der Waals surface area contributed by atoms with Crippen molar-refractivity contribution < 1.29 is 4.39 Å². The van der Waals surface area contributed by atoms with E-state index in [1.165, 1.54) is 6.07 Å². The number of hydrogen-bond acceptors (Lipinski definition) is 2. The molecule has 0 saturated heterocycles. The highest BCUT2D eigenvalue weighted by Crippen LogP contribution is 2.25. The first kappa shape index (κ1) is 12.9. The largest absolute Gasteiger partial charge is 0.362 e. The molecule has 3 nitrogen and oxygen atoms in total. The molecule has 1 aromatic heterocycles. The van der Waals surface area contributed by atoms with E-state index in [2.05, 4.69) is 28.7 Å². The minimum atomic E-state index is -0.401. The fourth-order valence-corrected chi connectivity index (χ4v) is 1.96. The van der Waals surface area contributed by atoms with Crippen molar-refractivity contribution in [3.63, 3.8) is 0 Å². The van der Waals surface area contributed by atoms with Crippen LogP contribution >= 0.6 is 11.6 Å². The minimum Gasteiger partial charge on any atom is -0.362 e. The molecule has 0 fully saturated rings. The maximum absolute atomic E-state index is 13.2. The molecule has 96 valence electrons. The standard InChI is InChI=1S/C13H15ClFN3/c1-9(2)18(8-13-16-5-6-17-13)10-3-4-12(15)11(14)7-10/h3-7,9H,8H2,1-2H3,(H,16,17). The Kier molecular flexibility index (Phi) is 3.87. The summed E-state index contributed by atoms with van der Waals surface area (Å²) in [4.78, 5) is 9.36. The summed E-state index contributed by atoms with van der Waals surface area (Å²) >= 11 is 5.82. The molecule has 0 aliphatic carbocycles. The quantitative estimate of drug-likeness (QED) is 0.918. The number of anilines is 1. The second-order valence-corrected chi connectivity index (χ2v) is 4.76. The summed E-state index contributed by atoms with van der Waals surface area (Å²) in [5.74, 6) is 0.464. The number of halogens is 2. The molecule has 5 heteroatoms. The third-order valence-corrected chi connectivity index (χ3v) is 3.02. The highest BCUT2D eigenvalue weighted by atomic mass is 35.5. The van der Waals surface area contributed by atoms with Crippen LogP contribution in [-0.2, 0) is 6.54 Å². The Hall–Kier alpha value is -1.55. The summed E-state index contributed by atoms with van der Waals surface area (Å²) in [5, 5.41) is 0.137. The molecule has 0 bridgehead atoms. The summed E-state index contributed by atoms with van der Waals surface area (Å²) in [7, 11) is 0. The molecule has 18 heavy (non-hydrogen) atoms. The number of nitrogens with zero attached hydrogens (tertiary/aromatic N) is 2. The van der Waals surface area contributed by atoms with Gasteiger partial charge in [-0.1, -0.05) is 11.6 Å². The first-order chi connectivity index (χ1) is 8.58. The maximum Gasteiger partial charge on any atom is 0.141 e. The number of aromatic nitrogens is 2. The van der Waals surface area contributed by atoms with Gasteiger partial charge in [-0.25, -0.2) is 9.37 Å². The van der Waals surface area contributed by atoms with Crippen molar-refractivity contribution in [3.8, 4) is 0 Å². The molecular formula is C13H15ClFN3. The Balaban J connectivity index is 2.26. The van der Waals surface area contributed by atoms with Gasteiger partial charge in [-0.05, 0) is 32.0 Å². The van der Waals surface area contributed by atoms with Crippen LogP contribution < -0.4 is 4.90 Å². The number of imidazole rings is 1. The maximum atomic E-state index is 13.2. The number of benzene rings is 1. The SMILES string of the molecule is CC(C)N(Cc1ncc[nH]1)c1ccc(F)c(Cl)c1. The highest BCUT2D eigenvalue weighted by Gasteiger charge is 2.14. The molecule has 0 atom stereocenters. The third kappa shape index (κ3) is 2.82. The average molecular weight is 268 g/mol. The Morgan fingerprint density at radius 1 is 1.44 bits per heavy atom. The van der Waals surface area contributed by atoms with Gasteiger partial charge in [-0.3, -0.25) is 0 Å². The van der Waals surface area contributed by atoms with E-state index in [-0.39, 0.29) is 11.1 Å². The lowest BCUT2D eigenvalue weighted by Gasteiger charge is -2.28. The van der Waals surface area contributed by atoms with E-state index in [4.69, 9.17) is 11.6 Å². The number of rotatable bonds is 4. The summed E-state index contributed by atoms with van der Waals surface area (Å²) < 4.78 is 13.2. The first-order valence-electron chi connectivity index (χ1n) is 5.78. The van der Waals surface area contributed by atoms with Crippen LogP contribution in [-0.4, -0.2) is 16.0 Å². The van der Waals surface area contributed by atoms with E-state index < -0.39 is 5.82 Å². The molecule has 0 amide bonds. The Bertz CT molecular complexity index is 511. The van der Waals surface area contributed by atoms with Crippen LogP contribution in [0.15, 0.2) is 30.6 Å². The lowest BCUT2D eigenvalue weighted by molar-refractivity contribution is 0.625. The number of H-pyrrole nitrogens is 1. The first-order valence-corrected chi connectivity index (χ1v) is 6.15. The highest BCUT2D eigenvalue weighted by molar-refractivity contribution is 6.31. The Morgan fingerprint density at radius 3 is 2.78 bits per heavy atom. The van der Waals surface area contributed by atoms with E-state index >= 15 is 0 Å². The van der Waals surface area contributed by atoms with Gasteiger partial charge in [-0.15, -0.1) is 0 Å². The van der Waals surface area contributed by atoms with Crippen molar-refractivity contribution in [1.29, 1.82) is 0 Å². The fraction of sp³-hybridized carbons (Fsp3) is 0.308. The van der Waals surface area contributed by atoms with Crippen LogP contribution in [0.3, 0.4) is 0 Å². The van der Waals surface area contributed by atoms with Crippen molar-refractivity contribution in [1.82, 2.24) is 9.97 Å². The molecule has 0 aliphatic heterocycles. The summed E-state index contributed by atoms with van der Waals surface area (Å²) in [6.07, 6.45) is 3.50. The van der Waals surface area contributed by atoms with Gasteiger partial charge in [0.15, 0.2) is 0 Å². The van der Waals surface area contributed by atoms with Gasteiger partial charge >= 0.3 is 0 Å². The number of nitrogens with one attached hydrogen (secondary N) is 1. The van der Waals surface area contributed by atoms with Gasteiger partial charge in [0.05, 0.1) is 11.6 Å². The molecule has 0 aliphatic rings. The summed E-state index contributed by atoms with van der Waals surface area (Å²) in [5.41, 5.74) is 0.882. The van der Waals surface area contributed by atoms with Gasteiger partial charge in [-0.2, -0.15) is 0 Å². The van der Waals surface area contributed by atoms with E-state index in [1.807, 2.05) is 0 Å². The van der Waals surface area contributed by atoms with E-state index in [1.54, 1.807) is 24.5 Å². The van der Waals surface area contributed by atoms with Crippen LogP contribution in [0.5, 0.6) is 0 Å². The van der Waals surface area contributed by atoms with Gasteiger partial charge in [0, 0.05) is 24.1 Å². The lowest BCUT2D eigenvalue weighted by Crippen LogP contribution is -2.30. The molecule has 1 heterocycles. The minimum absolute atomic E-state index is 0.137. The fourth-order valence-electron chi connectivity index (χ4n) is 1.78. The van der Waals surface area contributed by atoms with Gasteiger partial charge < -0.3 is 9.88 Å². The Labute approximate surface area is 111 Å². The second-order valence-electron chi connectivity index (χ2n) is 4.36. The average Bonchev–Trinajstić information content (AvgIpc) is 2.82. The number of aromatic amines is 1. The molecule has 0 radical (unpaired) electrons. The van der Waals surface area contributed by atoms with Crippen LogP contribution in [0.2, 0.25) is 5.02 Å². The second kappa shape index (κ2) is 5.40. The van der Waals surface area contributed by atoms with Crippen molar-refractivity contribution in [3.05, 3.63) is 47.3 Å². The summed E-state index contributed by atoms with van der Waals surface area (Å²) in [6, 6.07) is 5.01. The van der Waals surface area contributed by atoms with Crippen molar-refractivity contribution in [2.75, 3.05) is 4.90 Å². The Morgan fingerprint density at radius 2 is 2.22 bits per heavy atom.